The molecule has 3 aromatic carbocycles. The van der Waals surface area contributed by atoms with Gasteiger partial charge < -0.3 is 20.1 Å². The first-order valence-electron chi connectivity index (χ1n) is 8.97. The molecule has 0 saturated carbocycles. The number of ether oxygens (including phenoxy) is 2. The number of amides is 1. The first-order chi connectivity index (χ1) is 13.7. The summed E-state index contributed by atoms with van der Waals surface area (Å²) in [5.74, 6) is 0.965. The number of anilines is 2. The lowest BCUT2D eigenvalue weighted by molar-refractivity contribution is -0.114. The van der Waals surface area contributed by atoms with E-state index in [1.807, 2.05) is 42.5 Å². The summed E-state index contributed by atoms with van der Waals surface area (Å²) in [6.45, 7) is 1.08. The largest absolute Gasteiger partial charge is 0.486 e. The van der Waals surface area contributed by atoms with Gasteiger partial charge in [0, 0.05) is 17.8 Å². The molecule has 0 radical (unpaired) electrons. The van der Waals surface area contributed by atoms with Gasteiger partial charge in [-0.3, -0.25) is 4.79 Å². The van der Waals surface area contributed by atoms with Crippen LogP contribution in [0.3, 0.4) is 0 Å². The van der Waals surface area contributed by atoms with Crippen LogP contribution in [-0.4, -0.2) is 25.7 Å². The number of benzene rings is 3. The van der Waals surface area contributed by atoms with Crippen LogP contribution in [-0.2, 0) is 4.79 Å². The summed E-state index contributed by atoms with van der Waals surface area (Å²) in [7, 11) is 0. The average molecular weight is 395 g/mol. The Morgan fingerprint density at radius 3 is 2.25 bits per heavy atom. The van der Waals surface area contributed by atoms with Crippen LogP contribution in [0.5, 0.6) is 11.5 Å². The molecule has 142 valence electrons. The van der Waals surface area contributed by atoms with Crippen molar-refractivity contribution >= 4 is 28.9 Å². The number of halogens is 1. The summed E-state index contributed by atoms with van der Waals surface area (Å²) in [5, 5.41) is 6.32. The van der Waals surface area contributed by atoms with Gasteiger partial charge in [0.05, 0.1) is 17.3 Å². The lowest BCUT2D eigenvalue weighted by atomic mass is 10.1. The van der Waals surface area contributed by atoms with Gasteiger partial charge in [0.25, 0.3) is 0 Å². The van der Waals surface area contributed by atoms with E-state index in [9.17, 15) is 4.79 Å². The number of fused-ring (bicyclic) bond motifs is 1. The standard InChI is InChI=1S/C22H19ClN2O3/c23-18-12-20-21(28-11-10-27-20)13-19(18)25-22(26)14-24-17-8-6-16(7-9-17)15-4-2-1-3-5-15/h1-9,12-13,24H,10-11,14H2,(H,25,26). The van der Waals surface area contributed by atoms with Gasteiger partial charge >= 0.3 is 0 Å². The van der Waals surface area contributed by atoms with E-state index >= 15 is 0 Å². The summed E-state index contributed by atoms with van der Waals surface area (Å²) < 4.78 is 11.0. The molecule has 0 unspecified atom stereocenters. The zero-order valence-electron chi connectivity index (χ0n) is 15.1. The number of carbonyl (C=O) groups excluding carboxylic acids is 1. The number of hydrogen-bond donors (Lipinski definition) is 2. The predicted molar refractivity (Wildman–Crippen MR) is 111 cm³/mol. The minimum absolute atomic E-state index is 0.120. The van der Waals surface area contributed by atoms with Gasteiger partial charge in [-0.25, -0.2) is 0 Å². The molecule has 1 heterocycles. The fraction of sp³-hybridized carbons (Fsp3) is 0.136. The van der Waals surface area contributed by atoms with Gasteiger partial charge in [-0.2, -0.15) is 0 Å². The quantitative estimate of drug-likeness (QED) is 0.650. The molecule has 0 spiro atoms. The Labute approximate surface area is 168 Å². The van der Waals surface area contributed by atoms with E-state index in [0.717, 1.165) is 16.8 Å². The van der Waals surface area contributed by atoms with Crippen LogP contribution >= 0.6 is 11.6 Å². The highest BCUT2D eigenvalue weighted by Crippen LogP contribution is 2.37. The van der Waals surface area contributed by atoms with Gasteiger partial charge in [0.2, 0.25) is 5.91 Å². The zero-order valence-corrected chi connectivity index (χ0v) is 15.8. The van der Waals surface area contributed by atoms with Crippen molar-refractivity contribution in [3.63, 3.8) is 0 Å². The molecule has 1 aliphatic heterocycles. The molecule has 5 nitrogen and oxygen atoms in total. The van der Waals surface area contributed by atoms with E-state index in [-0.39, 0.29) is 12.5 Å². The molecule has 1 aliphatic rings. The van der Waals surface area contributed by atoms with Gasteiger partial charge in [-0.05, 0) is 23.3 Å². The maximum atomic E-state index is 12.3. The van der Waals surface area contributed by atoms with Gasteiger partial charge in [-0.1, -0.05) is 54.1 Å². The van der Waals surface area contributed by atoms with Gasteiger partial charge in [-0.15, -0.1) is 0 Å². The summed E-state index contributed by atoms with van der Waals surface area (Å²) in [4.78, 5) is 12.3. The number of carbonyl (C=O) groups is 1. The smallest absolute Gasteiger partial charge is 0.243 e. The Kier molecular flexibility index (Phi) is 5.35. The molecule has 2 N–H and O–H groups in total. The normalized spacial score (nSPS) is 12.3. The van der Waals surface area contributed by atoms with Crippen molar-refractivity contribution in [2.45, 2.75) is 0 Å². The maximum absolute atomic E-state index is 12.3. The number of rotatable bonds is 5. The molecule has 4 rings (SSSR count). The third kappa shape index (κ3) is 4.21. The van der Waals surface area contributed by atoms with Crippen molar-refractivity contribution < 1.29 is 14.3 Å². The molecule has 0 bridgehead atoms. The summed E-state index contributed by atoms with van der Waals surface area (Å²) in [6.07, 6.45) is 0. The highest BCUT2D eigenvalue weighted by atomic mass is 35.5. The lowest BCUT2D eigenvalue weighted by Crippen LogP contribution is -2.22. The monoisotopic (exact) mass is 394 g/mol. The Balaban J connectivity index is 1.36. The number of nitrogens with one attached hydrogen (secondary N) is 2. The highest BCUT2D eigenvalue weighted by Gasteiger charge is 2.16. The third-order valence-electron chi connectivity index (χ3n) is 4.35. The highest BCUT2D eigenvalue weighted by molar-refractivity contribution is 6.34. The van der Waals surface area contributed by atoms with E-state index in [1.165, 1.54) is 0 Å². The molecule has 3 aromatic rings. The Morgan fingerprint density at radius 1 is 0.893 bits per heavy atom. The molecule has 28 heavy (non-hydrogen) atoms. The van der Waals surface area contributed by atoms with E-state index in [1.54, 1.807) is 12.1 Å². The van der Waals surface area contributed by atoms with E-state index < -0.39 is 0 Å². The minimum Gasteiger partial charge on any atom is -0.486 e. The molecular formula is C22H19ClN2O3. The van der Waals surface area contributed by atoms with Crippen LogP contribution in [0.25, 0.3) is 11.1 Å². The molecule has 0 aromatic heterocycles. The summed E-state index contributed by atoms with van der Waals surface area (Å²) in [5.41, 5.74) is 3.64. The lowest BCUT2D eigenvalue weighted by Gasteiger charge is -2.20. The van der Waals surface area contributed by atoms with Crippen LogP contribution in [0.4, 0.5) is 11.4 Å². The molecule has 0 atom stereocenters. The van der Waals surface area contributed by atoms with E-state index in [2.05, 4.69) is 22.8 Å². The van der Waals surface area contributed by atoms with Crippen molar-refractivity contribution in [3.05, 3.63) is 71.8 Å². The SMILES string of the molecule is O=C(CNc1ccc(-c2ccccc2)cc1)Nc1cc2c(cc1Cl)OCCO2. The van der Waals surface area contributed by atoms with Crippen molar-refractivity contribution in [1.29, 1.82) is 0 Å². The third-order valence-corrected chi connectivity index (χ3v) is 4.66. The molecule has 0 saturated heterocycles. The van der Waals surface area contributed by atoms with Crippen molar-refractivity contribution in [2.75, 3.05) is 30.4 Å². The predicted octanol–water partition coefficient (Wildman–Crippen LogP) is 4.83. The molecule has 0 aliphatic carbocycles. The second-order valence-corrected chi connectivity index (χ2v) is 6.73. The zero-order chi connectivity index (χ0) is 19.3. The first kappa shape index (κ1) is 18.2. The fourth-order valence-electron chi connectivity index (χ4n) is 2.95. The minimum atomic E-state index is -0.203. The second kappa shape index (κ2) is 8.23. The Hall–Kier alpha value is -3.18. The molecule has 0 fully saturated rings. The summed E-state index contributed by atoms with van der Waals surface area (Å²) >= 11 is 6.23. The van der Waals surface area contributed by atoms with Crippen molar-refractivity contribution in [2.24, 2.45) is 0 Å². The van der Waals surface area contributed by atoms with Crippen LogP contribution in [0.1, 0.15) is 0 Å². The van der Waals surface area contributed by atoms with Crippen LogP contribution in [0.15, 0.2) is 66.7 Å². The topological polar surface area (TPSA) is 59.6 Å². The molecular weight excluding hydrogens is 376 g/mol. The van der Waals surface area contributed by atoms with Crippen LogP contribution in [0.2, 0.25) is 5.02 Å². The average Bonchev–Trinajstić information content (AvgIpc) is 2.74. The van der Waals surface area contributed by atoms with Crippen LogP contribution < -0.4 is 20.1 Å². The van der Waals surface area contributed by atoms with Crippen molar-refractivity contribution in [3.8, 4) is 22.6 Å². The van der Waals surface area contributed by atoms with E-state index in [4.69, 9.17) is 21.1 Å². The summed E-state index contributed by atoms with van der Waals surface area (Å²) in [6, 6.07) is 21.4. The first-order valence-corrected chi connectivity index (χ1v) is 9.35. The van der Waals surface area contributed by atoms with Crippen molar-refractivity contribution in [1.82, 2.24) is 0 Å². The van der Waals surface area contributed by atoms with Gasteiger partial charge in [0.1, 0.15) is 13.2 Å². The molecule has 1 amide bonds. The second-order valence-electron chi connectivity index (χ2n) is 6.32. The van der Waals surface area contributed by atoms with Gasteiger partial charge in [0.15, 0.2) is 11.5 Å². The number of hydrogen-bond acceptors (Lipinski definition) is 4. The fourth-order valence-corrected chi connectivity index (χ4v) is 3.15. The Bertz CT molecular complexity index is 975. The van der Waals surface area contributed by atoms with Crippen LogP contribution in [0, 0.1) is 0 Å². The molecule has 6 heteroatoms. The maximum Gasteiger partial charge on any atom is 0.243 e. The van der Waals surface area contributed by atoms with E-state index in [0.29, 0.717) is 35.4 Å². The Morgan fingerprint density at radius 2 is 1.54 bits per heavy atom.